The van der Waals surface area contributed by atoms with E-state index in [1.807, 2.05) is 84.9 Å². The van der Waals surface area contributed by atoms with E-state index in [1.54, 1.807) is 0 Å². The van der Waals surface area contributed by atoms with Crippen molar-refractivity contribution in [2.45, 2.75) is 0 Å². The lowest BCUT2D eigenvalue weighted by molar-refractivity contribution is 0.585. The molecular weight excluding hydrogens is 855 g/mol. The van der Waals surface area contributed by atoms with Gasteiger partial charge < -0.3 is 19.1 Å². The van der Waals surface area contributed by atoms with E-state index < -0.39 is 0 Å². The summed E-state index contributed by atoms with van der Waals surface area (Å²) in [4.78, 5) is 6.85. The molecule has 0 radical (unpaired) electrons. The minimum Gasteiger partial charge on any atom is -0.416 e. The molecule has 0 atom stereocenters. The summed E-state index contributed by atoms with van der Waals surface area (Å²) in [5, 5.41) is 8.79. The normalized spacial score (nSPS) is 10.7. The Morgan fingerprint density at radius 3 is 1.06 bits per heavy atom. The van der Waals surface area contributed by atoms with Gasteiger partial charge in [0.1, 0.15) is 0 Å². The maximum absolute atomic E-state index is 6.20. The molecule has 0 N–H and O–H groups in total. The lowest BCUT2D eigenvalue weighted by Gasteiger charge is -2.29. The number of hydrogen-bond donors (Lipinski definition) is 0. The highest BCUT2D eigenvalue weighted by Crippen LogP contribution is 2.41. The molecule has 0 aliphatic rings. The molecule has 11 rings (SSSR count). The Balaban J connectivity index is 0.944. The van der Waals surface area contributed by atoms with Crippen LogP contribution in [0.4, 0.5) is 51.2 Å². The largest absolute Gasteiger partial charge is 0.416 e. The summed E-state index contributed by atoms with van der Waals surface area (Å²) < 4.78 is 6.20. The molecular formula is C64H45N5O. The molecule has 10 aromatic carbocycles. The second-order valence-electron chi connectivity index (χ2n) is 16.6. The van der Waals surface area contributed by atoms with Crippen molar-refractivity contribution >= 4 is 51.2 Å². The zero-order valence-corrected chi connectivity index (χ0v) is 38.1. The number of rotatable bonds is 12. The Hall–Kier alpha value is -9.70. The van der Waals surface area contributed by atoms with Gasteiger partial charge in [-0.1, -0.05) is 139 Å². The molecule has 1 aromatic heterocycles. The molecule has 11 aromatic rings. The Kier molecular flexibility index (Phi) is 12.3. The van der Waals surface area contributed by atoms with Crippen LogP contribution >= 0.6 is 0 Å². The van der Waals surface area contributed by atoms with Gasteiger partial charge in [-0.3, -0.25) is 0 Å². The van der Waals surface area contributed by atoms with Crippen molar-refractivity contribution in [3.63, 3.8) is 0 Å². The van der Waals surface area contributed by atoms with Gasteiger partial charge in [0.25, 0.3) is 0 Å². The molecule has 6 heteroatoms. The van der Waals surface area contributed by atoms with Crippen molar-refractivity contribution in [1.29, 1.82) is 0 Å². The van der Waals surface area contributed by atoms with Crippen LogP contribution in [0.2, 0.25) is 0 Å². The molecule has 70 heavy (non-hydrogen) atoms. The summed E-state index contributed by atoms with van der Waals surface area (Å²) in [5.41, 5.74) is 14.9. The fourth-order valence-corrected chi connectivity index (χ4v) is 8.73. The number of para-hydroxylation sites is 4. The third kappa shape index (κ3) is 9.32. The molecule has 0 amide bonds. The molecule has 0 saturated heterocycles. The van der Waals surface area contributed by atoms with E-state index in [9.17, 15) is 0 Å². The van der Waals surface area contributed by atoms with Gasteiger partial charge in [0, 0.05) is 73.4 Å². The van der Waals surface area contributed by atoms with Gasteiger partial charge in [0.15, 0.2) is 0 Å². The smallest absolute Gasteiger partial charge is 0.248 e. The van der Waals surface area contributed by atoms with Crippen molar-refractivity contribution in [3.8, 4) is 45.9 Å². The summed E-state index contributed by atoms with van der Waals surface area (Å²) in [7, 11) is 0. The van der Waals surface area contributed by atoms with Crippen LogP contribution in [0.3, 0.4) is 0 Å². The van der Waals surface area contributed by atoms with E-state index in [0.29, 0.717) is 11.8 Å². The van der Waals surface area contributed by atoms with Crippen molar-refractivity contribution in [2.75, 3.05) is 14.7 Å². The maximum atomic E-state index is 6.20. The lowest BCUT2D eigenvalue weighted by Crippen LogP contribution is -2.13. The summed E-state index contributed by atoms with van der Waals surface area (Å²) in [5.74, 6) is 7.91. The van der Waals surface area contributed by atoms with Gasteiger partial charge in [-0.2, -0.15) is 0 Å². The van der Waals surface area contributed by atoms with Crippen LogP contribution in [0.15, 0.2) is 277 Å². The standard InChI is InChI=1S/C64H45N5O/c1-6-22-50(23-7-1)63-65-66-64(70-63)62-35-17-16-34-61(62)51-24-18-20-48(46-51)36-37-49-21-19-33-60(47-49)69(58-42-38-56(39-43-58)67(52-25-8-2-9-26-52)53-27-10-3-11-28-53)59-44-40-57(41-45-59)68(54-29-12-4-13-30-54)55-31-14-5-15-32-55/h1-35,38-47H. The monoisotopic (exact) mass is 899 g/mol. The van der Waals surface area contributed by atoms with E-state index in [4.69, 9.17) is 4.42 Å². The second kappa shape index (κ2) is 20.0. The van der Waals surface area contributed by atoms with Crippen molar-refractivity contribution in [3.05, 3.63) is 284 Å². The third-order valence-electron chi connectivity index (χ3n) is 12.0. The van der Waals surface area contributed by atoms with E-state index >= 15 is 0 Å². The molecule has 0 spiro atoms. The fourth-order valence-electron chi connectivity index (χ4n) is 8.73. The summed E-state index contributed by atoms with van der Waals surface area (Å²) in [6.45, 7) is 0. The van der Waals surface area contributed by atoms with Gasteiger partial charge in [-0.05, 0) is 157 Å². The van der Waals surface area contributed by atoms with Gasteiger partial charge in [-0.15, -0.1) is 10.2 Å². The van der Waals surface area contributed by atoms with E-state index in [1.165, 1.54) is 0 Å². The first-order valence-corrected chi connectivity index (χ1v) is 23.2. The molecule has 0 unspecified atom stereocenters. The second-order valence-corrected chi connectivity index (χ2v) is 16.6. The van der Waals surface area contributed by atoms with Crippen molar-refractivity contribution in [1.82, 2.24) is 10.2 Å². The predicted octanol–water partition coefficient (Wildman–Crippen LogP) is 16.9. The molecule has 1 heterocycles. The van der Waals surface area contributed by atoms with Crippen LogP contribution in [-0.4, -0.2) is 10.2 Å². The van der Waals surface area contributed by atoms with Gasteiger partial charge >= 0.3 is 0 Å². The van der Waals surface area contributed by atoms with E-state index in [-0.39, 0.29) is 0 Å². The highest BCUT2D eigenvalue weighted by molar-refractivity contribution is 5.84. The predicted molar refractivity (Wildman–Crippen MR) is 287 cm³/mol. The molecule has 0 bridgehead atoms. The average Bonchev–Trinajstić information content (AvgIpc) is 3.94. The van der Waals surface area contributed by atoms with Crippen LogP contribution in [0.25, 0.3) is 34.0 Å². The van der Waals surface area contributed by atoms with Gasteiger partial charge in [-0.25, -0.2) is 0 Å². The first-order chi connectivity index (χ1) is 34.7. The molecule has 332 valence electrons. The van der Waals surface area contributed by atoms with Crippen molar-refractivity contribution < 1.29 is 4.42 Å². The van der Waals surface area contributed by atoms with Crippen LogP contribution in [0, 0.1) is 11.8 Å². The van der Waals surface area contributed by atoms with Crippen molar-refractivity contribution in [2.24, 2.45) is 0 Å². The Morgan fingerprint density at radius 1 is 0.257 bits per heavy atom. The van der Waals surface area contributed by atoms with E-state index in [2.05, 4.69) is 225 Å². The number of aromatic nitrogens is 2. The van der Waals surface area contributed by atoms with Crippen LogP contribution in [-0.2, 0) is 0 Å². The zero-order valence-electron chi connectivity index (χ0n) is 38.1. The van der Waals surface area contributed by atoms with Crippen LogP contribution in [0.5, 0.6) is 0 Å². The van der Waals surface area contributed by atoms with E-state index in [0.717, 1.165) is 84.6 Å². The minimum absolute atomic E-state index is 0.464. The number of benzene rings is 10. The fraction of sp³-hybridized carbons (Fsp3) is 0. The first-order valence-electron chi connectivity index (χ1n) is 23.2. The first kappa shape index (κ1) is 42.9. The Labute approximate surface area is 408 Å². The quantitative estimate of drug-likeness (QED) is 0.114. The number of anilines is 9. The maximum Gasteiger partial charge on any atom is 0.248 e. The molecule has 0 aliphatic heterocycles. The highest BCUT2D eigenvalue weighted by atomic mass is 16.4. The Bertz CT molecular complexity index is 3330. The number of nitrogens with zero attached hydrogens (tertiary/aromatic N) is 5. The third-order valence-corrected chi connectivity index (χ3v) is 12.0. The molecule has 0 saturated carbocycles. The summed E-state index contributed by atoms with van der Waals surface area (Å²) in [6, 6.07) is 94.1. The molecule has 6 nitrogen and oxygen atoms in total. The summed E-state index contributed by atoms with van der Waals surface area (Å²) >= 11 is 0. The average molecular weight is 900 g/mol. The topological polar surface area (TPSA) is 48.6 Å². The van der Waals surface area contributed by atoms with Crippen LogP contribution < -0.4 is 14.7 Å². The Morgan fingerprint density at radius 2 is 0.586 bits per heavy atom. The SMILES string of the molecule is C(#Cc1cccc(N(c2ccc(N(c3ccccc3)c3ccccc3)cc2)c2ccc(N(c3ccccc3)c3ccccc3)cc2)c1)c1cccc(-c2ccccc2-c2nnc(-c3ccccc3)o2)c1. The van der Waals surface area contributed by atoms with Crippen LogP contribution in [0.1, 0.15) is 11.1 Å². The highest BCUT2D eigenvalue weighted by Gasteiger charge is 2.19. The molecule has 0 aliphatic carbocycles. The van der Waals surface area contributed by atoms with Gasteiger partial charge in [0.05, 0.1) is 0 Å². The number of hydrogen-bond acceptors (Lipinski definition) is 6. The van der Waals surface area contributed by atoms with Gasteiger partial charge in [0.2, 0.25) is 11.8 Å². The summed E-state index contributed by atoms with van der Waals surface area (Å²) in [6.07, 6.45) is 0. The zero-order chi connectivity index (χ0) is 46.9. The lowest BCUT2D eigenvalue weighted by atomic mass is 9.98. The molecule has 0 fully saturated rings. The minimum atomic E-state index is 0.464.